The highest BCUT2D eigenvalue weighted by atomic mass is 32.2. The molecule has 6 heteroatoms. The minimum Gasteiger partial charge on any atom is -0.312 e. The van der Waals surface area contributed by atoms with Crippen LogP contribution in [0.5, 0.6) is 0 Å². The van der Waals surface area contributed by atoms with E-state index in [9.17, 15) is 8.42 Å². The Morgan fingerprint density at radius 2 is 1.87 bits per heavy atom. The number of hydrogen-bond donors (Lipinski definition) is 2. The van der Waals surface area contributed by atoms with Crippen LogP contribution in [0.25, 0.3) is 0 Å². The molecular weight excluding hydrogens is 214 g/mol. The third-order valence-corrected chi connectivity index (χ3v) is 3.08. The maximum atomic E-state index is 10.7. The maximum absolute atomic E-state index is 10.7. The number of likely N-dealkylation sites (N-methyl/N-ethyl adjacent to an activating group) is 1. The molecule has 0 amide bonds. The SMILES string of the molecule is CCN(CC)CC(C)NCCS(N)(=O)=O. The second-order valence-electron chi connectivity index (χ2n) is 3.71. The first-order valence-corrected chi connectivity index (χ1v) is 7.06. The van der Waals surface area contributed by atoms with Gasteiger partial charge >= 0.3 is 0 Å². The van der Waals surface area contributed by atoms with Crippen LogP contribution in [0.1, 0.15) is 20.8 Å². The van der Waals surface area contributed by atoms with Crippen molar-refractivity contribution in [2.45, 2.75) is 26.8 Å². The molecule has 0 aliphatic carbocycles. The van der Waals surface area contributed by atoms with Gasteiger partial charge in [0.1, 0.15) is 0 Å². The molecule has 5 nitrogen and oxygen atoms in total. The number of hydrogen-bond acceptors (Lipinski definition) is 4. The second-order valence-corrected chi connectivity index (χ2v) is 5.44. The third kappa shape index (κ3) is 8.80. The van der Waals surface area contributed by atoms with Crippen LogP contribution in [-0.2, 0) is 10.0 Å². The quantitative estimate of drug-likeness (QED) is 0.602. The Morgan fingerprint density at radius 1 is 1.33 bits per heavy atom. The highest BCUT2D eigenvalue weighted by Gasteiger charge is 2.08. The molecule has 92 valence electrons. The van der Waals surface area contributed by atoms with E-state index in [0.29, 0.717) is 6.54 Å². The summed E-state index contributed by atoms with van der Waals surface area (Å²) in [6, 6.07) is 0.284. The lowest BCUT2D eigenvalue weighted by Crippen LogP contribution is -2.41. The van der Waals surface area contributed by atoms with Crippen molar-refractivity contribution in [1.29, 1.82) is 0 Å². The lowest BCUT2D eigenvalue weighted by Gasteiger charge is -2.23. The number of nitrogens with two attached hydrogens (primary N) is 1. The van der Waals surface area contributed by atoms with Gasteiger partial charge in [-0.15, -0.1) is 0 Å². The Morgan fingerprint density at radius 3 is 2.27 bits per heavy atom. The van der Waals surface area contributed by atoms with Crippen molar-refractivity contribution in [2.24, 2.45) is 5.14 Å². The maximum Gasteiger partial charge on any atom is 0.210 e. The summed E-state index contributed by atoms with van der Waals surface area (Å²) in [4.78, 5) is 2.29. The van der Waals surface area contributed by atoms with E-state index < -0.39 is 10.0 Å². The van der Waals surface area contributed by atoms with Gasteiger partial charge in [-0.05, 0) is 20.0 Å². The van der Waals surface area contributed by atoms with Crippen LogP contribution >= 0.6 is 0 Å². The monoisotopic (exact) mass is 237 g/mol. The van der Waals surface area contributed by atoms with E-state index in [-0.39, 0.29) is 11.8 Å². The molecule has 1 atom stereocenters. The molecule has 0 aromatic carbocycles. The number of primary sulfonamides is 1. The van der Waals surface area contributed by atoms with Crippen LogP contribution in [0.3, 0.4) is 0 Å². The van der Waals surface area contributed by atoms with Gasteiger partial charge in [0.2, 0.25) is 10.0 Å². The zero-order valence-electron chi connectivity index (χ0n) is 9.86. The smallest absolute Gasteiger partial charge is 0.210 e. The average Bonchev–Trinajstić information content (AvgIpc) is 2.12. The molecule has 0 bridgehead atoms. The Hall–Kier alpha value is -0.170. The van der Waals surface area contributed by atoms with Gasteiger partial charge < -0.3 is 10.2 Å². The highest BCUT2D eigenvalue weighted by Crippen LogP contribution is 1.91. The van der Waals surface area contributed by atoms with E-state index in [1.165, 1.54) is 0 Å². The van der Waals surface area contributed by atoms with Gasteiger partial charge in [-0.25, -0.2) is 13.6 Å². The minimum atomic E-state index is -3.34. The Bertz CT molecular complexity index is 250. The van der Waals surface area contributed by atoms with Crippen molar-refractivity contribution in [3.05, 3.63) is 0 Å². The van der Waals surface area contributed by atoms with Crippen LogP contribution in [0, 0.1) is 0 Å². The van der Waals surface area contributed by atoms with Crippen molar-refractivity contribution in [2.75, 3.05) is 31.9 Å². The lowest BCUT2D eigenvalue weighted by molar-refractivity contribution is 0.273. The van der Waals surface area contributed by atoms with E-state index in [0.717, 1.165) is 19.6 Å². The van der Waals surface area contributed by atoms with Gasteiger partial charge in [0, 0.05) is 19.1 Å². The van der Waals surface area contributed by atoms with Gasteiger partial charge in [0.25, 0.3) is 0 Å². The predicted octanol–water partition coefficient (Wildman–Crippen LogP) is -0.405. The van der Waals surface area contributed by atoms with Crippen molar-refractivity contribution in [3.8, 4) is 0 Å². The van der Waals surface area contributed by atoms with Gasteiger partial charge in [0.05, 0.1) is 5.75 Å². The first-order chi connectivity index (χ1) is 6.89. The molecule has 0 aromatic rings. The number of sulfonamides is 1. The van der Waals surface area contributed by atoms with Crippen molar-refractivity contribution >= 4 is 10.0 Å². The van der Waals surface area contributed by atoms with E-state index in [1.54, 1.807) is 0 Å². The molecule has 0 saturated heterocycles. The average molecular weight is 237 g/mol. The summed E-state index contributed by atoms with van der Waals surface area (Å²) in [6.07, 6.45) is 0. The lowest BCUT2D eigenvalue weighted by atomic mass is 10.3. The van der Waals surface area contributed by atoms with Crippen LogP contribution in [-0.4, -0.2) is 51.3 Å². The molecule has 0 heterocycles. The topological polar surface area (TPSA) is 75.4 Å². The third-order valence-electron chi connectivity index (χ3n) is 2.31. The Balaban J connectivity index is 3.70. The molecule has 0 radical (unpaired) electrons. The number of nitrogens with one attached hydrogen (secondary N) is 1. The zero-order valence-corrected chi connectivity index (χ0v) is 10.7. The first-order valence-electron chi connectivity index (χ1n) is 5.35. The molecule has 0 aromatic heterocycles. The molecule has 0 aliphatic rings. The van der Waals surface area contributed by atoms with Crippen LogP contribution in [0.2, 0.25) is 0 Å². The van der Waals surface area contributed by atoms with Gasteiger partial charge in [0.15, 0.2) is 0 Å². The predicted molar refractivity (Wildman–Crippen MR) is 63.2 cm³/mol. The summed E-state index contributed by atoms with van der Waals surface area (Å²) in [5.41, 5.74) is 0. The minimum absolute atomic E-state index is 0.00438. The molecule has 15 heavy (non-hydrogen) atoms. The molecule has 3 N–H and O–H groups in total. The fourth-order valence-corrected chi connectivity index (χ4v) is 1.78. The van der Waals surface area contributed by atoms with Crippen LogP contribution < -0.4 is 10.5 Å². The van der Waals surface area contributed by atoms with E-state index >= 15 is 0 Å². The molecule has 0 aliphatic heterocycles. The highest BCUT2D eigenvalue weighted by molar-refractivity contribution is 7.89. The first kappa shape index (κ1) is 14.8. The molecule has 1 unspecified atom stereocenters. The summed E-state index contributed by atoms with van der Waals surface area (Å²) in [5, 5.41) is 8.03. The van der Waals surface area contributed by atoms with E-state index in [1.807, 2.05) is 6.92 Å². The standard InChI is InChI=1S/C9H23N3O2S/c1-4-12(5-2)8-9(3)11-6-7-15(10,13)14/h9,11H,4-8H2,1-3H3,(H2,10,13,14). The van der Waals surface area contributed by atoms with Gasteiger partial charge in [-0.2, -0.15) is 0 Å². The summed E-state index contributed by atoms with van der Waals surface area (Å²) >= 11 is 0. The zero-order chi connectivity index (χ0) is 11.9. The number of rotatable bonds is 8. The van der Waals surface area contributed by atoms with Crippen LogP contribution in [0.4, 0.5) is 0 Å². The molecule has 0 rings (SSSR count). The molecular formula is C9H23N3O2S. The number of nitrogens with zero attached hydrogens (tertiary/aromatic N) is 1. The summed E-state index contributed by atoms with van der Waals surface area (Å²) in [5.74, 6) is -0.00438. The second kappa shape index (κ2) is 7.16. The van der Waals surface area contributed by atoms with Gasteiger partial charge in [-0.3, -0.25) is 0 Å². The Labute approximate surface area is 93.1 Å². The summed E-state index contributed by atoms with van der Waals surface area (Å²) in [7, 11) is -3.34. The Kier molecular flexibility index (Phi) is 7.08. The van der Waals surface area contributed by atoms with Crippen molar-refractivity contribution < 1.29 is 8.42 Å². The summed E-state index contributed by atoms with van der Waals surface area (Å²) in [6.45, 7) is 9.64. The molecule has 0 spiro atoms. The largest absolute Gasteiger partial charge is 0.312 e. The van der Waals surface area contributed by atoms with E-state index in [4.69, 9.17) is 5.14 Å². The molecule has 0 fully saturated rings. The van der Waals surface area contributed by atoms with Crippen molar-refractivity contribution in [1.82, 2.24) is 10.2 Å². The van der Waals surface area contributed by atoms with E-state index in [2.05, 4.69) is 24.1 Å². The fraction of sp³-hybridized carbons (Fsp3) is 1.00. The normalized spacial score (nSPS) is 14.5. The van der Waals surface area contributed by atoms with Crippen LogP contribution in [0.15, 0.2) is 0 Å². The fourth-order valence-electron chi connectivity index (χ4n) is 1.38. The summed E-state index contributed by atoms with van der Waals surface area (Å²) < 4.78 is 21.3. The van der Waals surface area contributed by atoms with Crippen molar-refractivity contribution in [3.63, 3.8) is 0 Å². The van der Waals surface area contributed by atoms with Gasteiger partial charge in [-0.1, -0.05) is 13.8 Å². The molecule has 0 saturated carbocycles.